The van der Waals surface area contributed by atoms with E-state index in [1.165, 1.54) is 0 Å². The van der Waals surface area contributed by atoms with Gasteiger partial charge in [-0.1, -0.05) is 0 Å². The molecule has 0 bridgehead atoms. The zero-order valence-electron chi connectivity index (χ0n) is 8.81. The fourth-order valence-corrected chi connectivity index (χ4v) is 1.58. The highest BCUT2D eigenvalue weighted by Crippen LogP contribution is 2.11. The zero-order chi connectivity index (χ0) is 10.7. The Hall–Kier alpha value is -1.55. The van der Waals surface area contributed by atoms with Gasteiger partial charge in [-0.3, -0.25) is 0 Å². The Kier molecular flexibility index (Phi) is 2.87. The number of imidazole rings is 1. The first-order chi connectivity index (χ1) is 7.33. The SMILES string of the molecule is CCn1ccnc1Cc1ccc(CN)o1. The lowest BCUT2D eigenvalue weighted by Gasteiger charge is -2.02. The maximum absolute atomic E-state index is 5.53. The Labute approximate surface area is 88.7 Å². The second kappa shape index (κ2) is 4.31. The van der Waals surface area contributed by atoms with Crippen LogP contribution in [0, 0.1) is 0 Å². The highest BCUT2D eigenvalue weighted by atomic mass is 16.3. The molecule has 2 rings (SSSR count). The van der Waals surface area contributed by atoms with E-state index in [1.807, 2.05) is 24.5 Å². The van der Waals surface area contributed by atoms with Crippen LogP contribution in [0.5, 0.6) is 0 Å². The fourth-order valence-electron chi connectivity index (χ4n) is 1.58. The molecule has 0 spiro atoms. The summed E-state index contributed by atoms with van der Waals surface area (Å²) in [5, 5.41) is 0. The van der Waals surface area contributed by atoms with Crippen LogP contribution >= 0.6 is 0 Å². The van der Waals surface area contributed by atoms with Gasteiger partial charge in [0.1, 0.15) is 17.3 Å². The molecule has 0 saturated heterocycles. The monoisotopic (exact) mass is 205 g/mol. The summed E-state index contributed by atoms with van der Waals surface area (Å²) in [6.45, 7) is 3.47. The Morgan fingerprint density at radius 3 is 2.87 bits per heavy atom. The fraction of sp³-hybridized carbons (Fsp3) is 0.364. The molecule has 0 radical (unpaired) electrons. The van der Waals surface area contributed by atoms with Crippen molar-refractivity contribution in [3.8, 4) is 0 Å². The molecule has 15 heavy (non-hydrogen) atoms. The van der Waals surface area contributed by atoms with Gasteiger partial charge >= 0.3 is 0 Å². The van der Waals surface area contributed by atoms with Gasteiger partial charge in [-0.25, -0.2) is 4.98 Å². The first kappa shape index (κ1) is 9.98. The van der Waals surface area contributed by atoms with Gasteiger partial charge in [0.2, 0.25) is 0 Å². The number of aromatic nitrogens is 2. The number of hydrogen-bond acceptors (Lipinski definition) is 3. The van der Waals surface area contributed by atoms with Crippen LogP contribution in [0.1, 0.15) is 24.3 Å². The summed E-state index contributed by atoms with van der Waals surface area (Å²) in [6, 6.07) is 3.87. The highest BCUT2D eigenvalue weighted by Gasteiger charge is 2.06. The number of furan rings is 1. The van der Waals surface area contributed by atoms with Crippen LogP contribution in [0.4, 0.5) is 0 Å². The molecule has 2 aromatic rings. The summed E-state index contributed by atoms with van der Waals surface area (Å²) in [4.78, 5) is 4.29. The molecule has 0 aliphatic rings. The van der Waals surface area contributed by atoms with Crippen molar-refractivity contribution in [2.24, 2.45) is 5.73 Å². The normalized spacial score (nSPS) is 10.8. The molecule has 2 aromatic heterocycles. The van der Waals surface area contributed by atoms with Crippen LogP contribution in [-0.2, 0) is 19.5 Å². The largest absolute Gasteiger partial charge is 0.464 e. The van der Waals surface area contributed by atoms with Crippen molar-refractivity contribution >= 4 is 0 Å². The minimum absolute atomic E-state index is 0.447. The van der Waals surface area contributed by atoms with Gasteiger partial charge in [-0.15, -0.1) is 0 Å². The molecule has 0 unspecified atom stereocenters. The summed E-state index contributed by atoms with van der Waals surface area (Å²) < 4.78 is 7.63. The van der Waals surface area contributed by atoms with Crippen LogP contribution in [0.3, 0.4) is 0 Å². The number of rotatable bonds is 4. The average Bonchev–Trinajstić information content (AvgIpc) is 2.87. The summed E-state index contributed by atoms with van der Waals surface area (Å²) in [7, 11) is 0. The van der Waals surface area contributed by atoms with Crippen LogP contribution < -0.4 is 5.73 Å². The lowest BCUT2D eigenvalue weighted by molar-refractivity contribution is 0.469. The van der Waals surface area contributed by atoms with Crippen LogP contribution in [0.15, 0.2) is 28.9 Å². The van der Waals surface area contributed by atoms with Crippen molar-refractivity contribution in [1.82, 2.24) is 9.55 Å². The maximum Gasteiger partial charge on any atom is 0.117 e. The molecule has 0 atom stereocenters. The van der Waals surface area contributed by atoms with Gasteiger partial charge < -0.3 is 14.7 Å². The molecular weight excluding hydrogens is 190 g/mol. The topological polar surface area (TPSA) is 57.0 Å². The van der Waals surface area contributed by atoms with Crippen molar-refractivity contribution in [2.45, 2.75) is 26.4 Å². The smallest absolute Gasteiger partial charge is 0.117 e. The van der Waals surface area contributed by atoms with Crippen molar-refractivity contribution in [3.63, 3.8) is 0 Å². The molecular formula is C11H15N3O. The summed E-state index contributed by atoms with van der Waals surface area (Å²) in [5.41, 5.74) is 5.48. The second-order valence-corrected chi connectivity index (χ2v) is 3.38. The van der Waals surface area contributed by atoms with Crippen molar-refractivity contribution in [1.29, 1.82) is 0 Å². The third kappa shape index (κ3) is 2.10. The van der Waals surface area contributed by atoms with Gasteiger partial charge in [-0.05, 0) is 19.1 Å². The molecule has 4 heteroatoms. The Bertz CT molecular complexity index is 430. The van der Waals surface area contributed by atoms with E-state index in [9.17, 15) is 0 Å². The van der Waals surface area contributed by atoms with Gasteiger partial charge in [0.15, 0.2) is 0 Å². The lowest BCUT2D eigenvalue weighted by Crippen LogP contribution is -2.01. The van der Waals surface area contributed by atoms with Crippen molar-refractivity contribution in [3.05, 3.63) is 41.9 Å². The molecule has 0 aliphatic heterocycles. The first-order valence-corrected chi connectivity index (χ1v) is 5.11. The van der Waals surface area contributed by atoms with Gasteiger partial charge in [0, 0.05) is 18.9 Å². The van der Waals surface area contributed by atoms with E-state index >= 15 is 0 Å². The number of nitrogens with two attached hydrogens (primary N) is 1. The third-order valence-electron chi connectivity index (χ3n) is 2.39. The van der Waals surface area contributed by atoms with E-state index in [4.69, 9.17) is 10.2 Å². The molecule has 80 valence electrons. The minimum atomic E-state index is 0.447. The van der Waals surface area contributed by atoms with E-state index in [0.717, 1.165) is 30.3 Å². The zero-order valence-corrected chi connectivity index (χ0v) is 8.81. The number of nitrogens with zero attached hydrogens (tertiary/aromatic N) is 2. The highest BCUT2D eigenvalue weighted by molar-refractivity contribution is 5.12. The molecule has 2 N–H and O–H groups in total. The van der Waals surface area contributed by atoms with Crippen LogP contribution in [-0.4, -0.2) is 9.55 Å². The molecule has 4 nitrogen and oxygen atoms in total. The quantitative estimate of drug-likeness (QED) is 0.823. The van der Waals surface area contributed by atoms with Gasteiger partial charge in [0.25, 0.3) is 0 Å². The molecule has 2 heterocycles. The minimum Gasteiger partial charge on any atom is -0.464 e. The van der Waals surface area contributed by atoms with Crippen LogP contribution in [0.25, 0.3) is 0 Å². The van der Waals surface area contributed by atoms with Gasteiger partial charge in [-0.2, -0.15) is 0 Å². The summed E-state index contributed by atoms with van der Waals surface area (Å²) >= 11 is 0. The summed E-state index contributed by atoms with van der Waals surface area (Å²) in [6.07, 6.45) is 4.51. The van der Waals surface area contributed by atoms with Gasteiger partial charge in [0.05, 0.1) is 13.0 Å². The number of aryl methyl sites for hydroxylation is 1. The van der Waals surface area contributed by atoms with E-state index < -0.39 is 0 Å². The lowest BCUT2D eigenvalue weighted by atomic mass is 10.3. The summed E-state index contributed by atoms with van der Waals surface area (Å²) in [5.74, 6) is 2.76. The first-order valence-electron chi connectivity index (χ1n) is 5.11. The van der Waals surface area contributed by atoms with E-state index in [1.54, 1.807) is 0 Å². The molecule has 0 saturated carbocycles. The molecule has 0 fully saturated rings. The molecule has 0 aliphatic carbocycles. The standard InChI is InChI=1S/C11H15N3O/c1-2-14-6-5-13-11(14)7-9-3-4-10(8-12)15-9/h3-6H,2,7-8,12H2,1H3. The van der Waals surface area contributed by atoms with Crippen molar-refractivity contribution in [2.75, 3.05) is 0 Å². The maximum atomic E-state index is 5.53. The van der Waals surface area contributed by atoms with E-state index in [2.05, 4.69) is 16.5 Å². The molecule has 0 amide bonds. The van der Waals surface area contributed by atoms with E-state index in [0.29, 0.717) is 6.54 Å². The Morgan fingerprint density at radius 2 is 2.20 bits per heavy atom. The number of hydrogen-bond donors (Lipinski definition) is 1. The van der Waals surface area contributed by atoms with E-state index in [-0.39, 0.29) is 0 Å². The predicted octanol–water partition coefficient (Wildman–Crippen LogP) is 1.55. The second-order valence-electron chi connectivity index (χ2n) is 3.38. The average molecular weight is 205 g/mol. The molecule has 0 aromatic carbocycles. The third-order valence-corrected chi connectivity index (χ3v) is 2.39. The Morgan fingerprint density at radius 1 is 1.40 bits per heavy atom. The van der Waals surface area contributed by atoms with Crippen molar-refractivity contribution < 1.29 is 4.42 Å². The predicted molar refractivity (Wildman–Crippen MR) is 57.3 cm³/mol. The van der Waals surface area contributed by atoms with Crippen LogP contribution in [0.2, 0.25) is 0 Å². The Balaban J connectivity index is 2.14.